The van der Waals surface area contributed by atoms with Gasteiger partial charge in [-0.15, -0.1) is 0 Å². The summed E-state index contributed by atoms with van der Waals surface area (Å²) in [5, 5.41) is 2.85. The fourth-order valence-corrected chi connectivity index (χ4v) is 2.44. The van der Waals surface area contributed by atoms with Crippen molar-refractivity contribution < 1.29 is 22.7 Å². The molecule has 0 radical (unpaired) electrons. The maximum absolute atomic E-state index is 13.1. The van der Waals surface area contributed by atoms with E-state index in [4.69, 9.17) is 4.74 Å². The number of hydrogen-bond acceptors (Lipinski definition) is 3. The highest BCUT2D eigenvalue weighted by atomic mass is 19.4. The normalized spacial score (nSPS) is 19.3. The molecular weight excluding hydrogens is 285 g/mol. The smallest absolute Gasteiger partial charge is 0.385 e. The lowest BCUT2D eigenvalue weighted by Crippen LogP contribution is -2.33. The molecule has 1 amide bonds. The number of carbonyl (C=O) groups is 1. The summed E-state index contributed by atoms with van der Waals surface area (Å²) in [5.41, 5.74) is -0.637. The minimum Gasteiger partial charge on any atom is -0.385 e. The first-order valence-electron chi connectivity index (χ1n) is 6.63. The van der Waals surface area contributed by atoms with Crippen molar-refractivity contribution in [2.45, 2.75) is 18.8 Å². The van der Waals surface area contributed by atoms with Gasteiger partial charge in [0.05, 0.1) is 12.1 Å². The van der Waals surface area contributed by atoms with Crippen molar-refractivity contribution in [2.75, 3.05) is 26.8 Å². The van der Waals surface area contributed by atoms with Crippen molar-refractivity contribution >= 4 is 5.91 Å². The van der Waals surface area contributed by atoms with Gasteiger partial charge in [-0.2, -0.15) is 13.2 Å². The van der Waals surface area contributed by atoms with Crippen molar-refractivity contribution in [1.29, 1.82) is 0 Å². The highest BCUT2D eigenvalue weighted by Gasteiger charge is 2.39. The van der Waals surface area contributed by atoms with Gasteiger partial charge in [-0.3, -0.25) is 10.1 Å². The van der Waals surface area contributed by atoms with Crippen molar-refractivity contribution in [3.63, 3.8) is 0 Å². The van der Waals surface area contributed by atoms with E-state index >= 15 is 0 Å². The molecule has 0 aromatic heterocycles. The molecule has 4 nitrogen and oxygen atoms in total. The molecule has 0 bridgehead atoms. The van der Waals surface area contributed by atoms with Crippen LogP contribution in [0.2, 0.25) is 0 Å². The minimum absolute atomic E-state index is 0.0455. The van der Waals surface area contributed by atoms with E-state index in [0.29, 0.717) is 19.6 Å². The molecule has 1 N–H and O–H groups in total. The van der Waals surface area contributed by atoms with Crippen molar-refractivity contribution in [2.24, 2.45) is 0 Å². The number of methoxy groups -OCH3 is 1. The highest BCUT2D eigenvalue weighted by Crippen LogP contribution is 2.36. The molecule has 116 valence electrons. The SMILES string of the molecule is COCCCN1C(=O)CNC1c1ccccc1C(F)(F)F. The number of rotatable bonds is 5. The van der Waals surface area contributed by atoms with Gasteiger partial charge >= 0.3 is 6.18 Å². The average Bonchev–Trinajstić information content (AvgIpc) is 2.80. The second-order valence-corrected chi connectivity index (χ2v) is 4.80. The molecular formula is C14H17F3N2O2. The van der Waals surface area contributed by atoms with Crippen LogP contribution >= 0.6 is 0 Å². The number of nitrogens with zero attached hydrogens (tertiary/aromatic N) is 1. The van der Waals surface area contributed by atoms with Gasteiger partial charge in [-0.1, -0.05) is 18.2 Å². The number of ether oxygens (including phenoxy) is 1. The topological polar surface area (TPSA) is 41.6 Å². The molecule has 1 aliphatic rings. The Morgan fingerprint density at radius 3 is 2.76 bits per heavy atom. The fourth-order valence-electron chi connectivity index (χ4n) is 2.44. The van der Waals surface area contributed by atoms with Gasteiger partial charge in [-0.05, 0) is 12.5 Å². The predicted molar refractivity (Wildman–Crippen MR) is 70.4 cm³/mol. The van der Waals surface area contributed by atoms with Crippen LogP contribution in [-0.2, 0) is 15.7 Å². The molecule has 1 saturated heterocycles. The molecule has 1 aromatic carbocycles. The van der Waals surface area contributed by atoms with Gasteiger partial charge in [0.25, 0.3) is 0 Å². The van der Waals surface area contributed by atoms with Gasteiger partial charge in [0, 0.05) is 25.8 Å². The molecule has 2 rings (SSSR count). The van der Waals surface area contributed by atoms with Gasteiger partial charge in [0.1, 0.15) is 6.17 Å². The zero-order valence-corrected chi connectivity index (χ0v) is 11.6. The lowest BCUT2D eigenvalue weighted by molar-refractivity contribution is -0.139. The Labute approximate surface area is 120 Å². The second kappa shape index (κ2) is 6.44. The van der Waals surface area contributed by atoms with E-state index in [0.717, 1.165) is 6.07 Å². The van der Waals surface area contributed by atoms with E-state index in [1.165, 1.54) is 17.0 Å². The summed E-state index contributed by atoms with van der Waals surface area (Å²) in [6.45, 7) is 0.859. The average molecular weight is 302 g/mol. The third-order valence-corrected chi connectivity index (χ3v) is 3.39. The molecule has 1 fully saturated rings. The maximum atomic E-state index is 13.1. The van der Waals surface area contributed by atoms with E-state index < -0.39 is 17.9 Å². The van der Waals surface area contributed by atoms with Crippen LogP contribution in [0.1, 0.15) is 23.7 Å². The number of benzene rings is 1. The van der Waals surface area contributed by atoms with E-state index in [1.54, 1.807) is 13.2 Å². The van der Waals surface area contributed by atoms with Crippen LogP contribution in [0.5, 0.6) is 0 Å². The third-order valence-electron chi connectivity index (χ3n) is 3.39. The third kappa shape index (κ3) is 3.54. The number of alkyl halides is 3. The molecule has 1 aliphatic heterocycles. The molecule has 0 aliphatic carbocycles. The lowest BCUT2D eigenvalue weighted by atomic mass is 10.0. The van der Waals surface area contributed by atoms with E-state index in [9.17, 15) is 18.0 Å². The fraction of sp³-hybridized carbons (Fsp3) is 0.500. The summed E-state index contributed by atoms with van der Waals surface area (Å²) in [4.78, 5) is 13.3. The lowest BCUT2D eigenvalue weighted by Gasteiger charge is -2.27. The zero-order chi connectivity index (χ0) is 15.5. The number of hydrogen-bond donors (Lipinski definition) is 1. The monoisotopic (exact) mass is 302 g/mol. The largest absolute Gasteiger partial charge is 0.416 e. The Bertz CT molecular complexity index is 505. The number of amides is 1. The first-order valence-corrected chi connectivity index (χ1v) is 6.63. The van der Waals surface area contributed by atoms with Gasteiger partial charge in [0.2, 0.25) is 5.91 Å². The Hall–Kier alpha value is -1.60. The van der Waals surface area contributed by atoms with Crippen LogP contribution in [-0.4, -0.2) is 37.6 Å². The van der Waals surface area contributed by atoms with Crippen LogP contribution < -0.4 is 5.32 Å². The number of carbonyl (C=O) groups excluding carboxylic acids is 1. The first kappa shape index (κ1) is 15.8. The zero-order valence-electron chi connectivity index (χ0n) is 11.6. The summed E-state index contributed by atoms with van der Waals surface area (Å²) in [6.07, 6.45) is -4.61. The molecule has 0 spiro atoms. The van der Waals surface area contributed by atoms with Crippen molar-refractivity contribution in [3.05, 3.63) is 35.4 Å². The van der Waals surface area contributed by atoms with Crippen LogP contribution in [0.25, 0.3) is 0 Å². The van der Waals surface area contributed by atoms with E-state index in [2.05, 4.69) is 5.32 Å². The second-order valence-electron chi connectivity index (χ2n) is 4.80. The summed E-state index contributed by atoms with van der Waals surface area (Å²) in [7, 11) is 1.54. The Morgan fingerprint density at radius 2 is 2.10 bits per heavy atom. The molecule has 0 saturated carbocycles. The van der Waals surface area contributed by atoms with Gasteiger partial charge in [0.15, 0.2) is 0 Å². The van der Waals surface area contributed by atoms with E-state index in [-0.39, 0.29) is 18.0 Å². The maximum Gasteiger partial charge on any atom is 0.416 e. The molecule has 1 heterocycles. The Morgan fingerprint density at radius 1 is 1.38 bits per heavy atom. The van der Waals surface area contributed by atoms with E-state index in [1.807, 2.05) is 0 Å². The quantitative estimate of drug-likeness (QED) is 0.848. The van der Waals surface area contributed by atoms with Crippen LogP contribution in [0.4, 0.5) is 13.2 Å². The Kier molecular flexibility index (Phi) is 4.84. The minimum atomic E-state index is -4.44. The molecule has 7 heteroatoms. The highest BCUT2D eigenvalue weighted by molar-refractivity contribution is 5.81. The summed E-state index contributed by atoms with van der Waals surface area (Å²) in [5.74, 6) is -0.201. The Balaban J connectivity index is 2.26. The number of nitrogens with one attached hydrogen (secondary N) is 1. The molecule has 1 atom stereocenters. The standard InChI is InChI=1S/C14H17F3N2O2/c1-21-8-4-7-19-12(20)9-18-13(19)10-5-2-3-6-11(10)14(15,16)17/h2-3,5-6,13,18H,4,7-9H2,1H3. The van der Waals surface area contributed by atoms with Crippen LogP contribution in [0.3, 0.4) is 0 Å². The summed E-state index contributed by atoms with van der Waals surface area (Å²) in [6, 6.07) is 5.33. The van der Waals surface area contributed by atoms with Gasteiger partial charge in [-0.25, -0.2) is 0 Å². The van der Waals surface area contributed by atoms with Crippen LogP contribution in [0, 0.1) is 0 Å². The molecule has 1 unspecified atom stereocenters. The van der Waals surface area contributed by atoms with Crippen molar-refractivity contribution in [1.82, 2.24) is 10.2 Å². The summed E-state index contributed by atoms with van der Waals surface area (Å²) >= 11 is 0. The summed E-state index contributed by atoms with van der Waals surface area (Å²) < 4.78 is 44.2. The first-order chi connectivity index (χ1) is 9.95. The molecule has 21 heavy (non-hydrogen) atoms. The number of halogens is 3. The van der Waals surface area contributed by atoms with Gasteiger partial charge < -0.3 is 9.64 Å². The molecule has 1 aromatic rings. The predicted octanol–water partition coefficient (Wildman–Crippen LogP) is 2.17. The van der Waals surface area contributed by atoms with Crippen molar-refractivity contribution in [3.8, 4) is 0 Å². The van der Waals surface area contributed by atoms with Crippen LogP contribution in [0.15, 0.2) is 24.3 Å².